The second-order valence-electron chi connectivity index (χ2n) is 4.47. The average molecular weight is 292 g/mol. The van der Waals surface area contributed by atoms with Gasteiger partial charge in [0.2, 0.25) is 0 Å². The first-order chi connectivity index (χ1) is 9.54. The van der Waals surface area contributed by atoms with Crippen LogP contribution in [-0.2, 0) is 21.6 Å². The maximum absolute atomic E-state index is 12.1. The van der Waals surface area contributed by atoms with Crippen LogP contribution in [0.5, 0.6) is 11.5 Å². The minimum Gasteiger partial charge on any atom is -0.379 e. The molecular weight excluding hydrogens is 280 g/mol. The number of aryl methyl sites for hydroxylation is 1. The number of rotatable bonds is 3. The van der Waals surface area contributed by atoms with E-state index in [1.54, 1.807) is 24.3 Å². The molecule has 0 bridgehead atoms. The third-order valence-corrected chi connectivity index (χ3v) is 4.17. The molecule has 0 unspecified atom stereocenters. The van der Waals surface area contributed by atoms with Crippen molar-refractivity contribution in [2.75, 3.05) is 0 Å². The maximum Gasteiger partial charge on any atom is 0.339 e. The lowest BCUT2D eigenvalue weighted by Gasteiger charge is -2.07. The highest BCUT2D eigenvalue weighted by atomic mass is 32.2. The van der Waals surface area contributed by atoms with Gasteiger partial charge in [-0.25, -0.2) is 0 Å². The fourth-order valence-electron chi connectivity index (χ4n) is 1.84. The van der Waals surface area contributed by atoms with Crippen molar-refractivity contribution < 1.29 is 22.4 Å². The van der Waals surface area contributed by atoms with Gasteiger partial charge in [0, 0.05) is 5.56 Å². The van der Waals surface area contributed by atoms with Crippen molar-refractivity contribution in [2.45, 2.75) is 18.4 Å². The highest BCUT2D eigenvalue weighted by Gasteiger charge is 2.19. The average Bonchev–Trinajstić information content (AvgIpc) is 2.86. The lowest BCUT2D eigenvalue weighted by Crippen LogP contribution is -2.09. The number of benzene rings is 2. The van der Waals surface area contributed by atoms with E-state index in [2.05, 4.69) is 0 Å². The molecule has 1 aliphatic rings. The molecule has 0 N–H and O–H groups in total. The molecule has 0 saturated carbocycles. The lowest BCUT2D eigenvalue weighted by atomic mass is 10.2. The summed E-state index contributed by atoms with van der Waals surface area (Å²) in [5.41, 5.74) is 1.73. The van der Waals surface area contributed by atoms with Gasteiger partial charge in [0.15, 0.2) is 5.75 Å². The molecule has 0 radical (unpaired) electrons. The van der Waals surface area contributed by atoms with Gasteiger partial charge in [-0.3, -0.25) is 0 Å². The van der Waals surface area contributed by atoms with Gasteiger partial charge in [-0.05, 0) is 37.3 Å². The van der Waals surface area contributed by atoms with Gasteiger partial charge in [-0.15, -0.1) is 0 Å². The molecule has 2 aromatic carbocycles. The van der Waals surface area contributed by atoms with E-state index in [0.29, 0.717) is 5.75 Å². The largest absolute Gasteiger partial charge is 0.379 e. The van der Waals surface area contributed by atoms with E-state index in [0.717, 1.165) is 11.1 Å². The Kier molecular flexibility index (Phi) is 3.11. The maximum atomic E-state index is 12.1. The quantitative estimate of drug-likeness (QED) is 0.642. The second-order valence-corrected chi connectivity index (χ2v) is 6.01. The van der Waals surface area contributed by atoms with Crippen molar-refractivity contribution in [1.29, 1.82) is 0 Å². The summed E-state index contributed by atoms with van der Waals surface area (Å²) in [6.07, 6.45) is 0. The molecule has 5 nitrogen and oxygen atoms in total. The van der Waals surface area contributed by atoms with Crippen molar-refractivity contribution in [3.05, 3.63) is 53.6 Å². The Morgan fingerprint density at radius 1 is 1.10 bits per heavy atom. The van der Waals surface area contributed by atoms with Gasteiger partial charge in [-0.1, -0.05) is 17.7 Å². The molecule has 0 saturated heterocycles. The van der Waals surface area contributed by atoms with Crippen molar-refractivity contribution in [3.63, 3.8) is 0 Å². The summed E-state index contributed by atoms with van der Waals surface area (Å²) in [4.78, 5) is 9.79. The highest BCUT2D eigenvalue weighted by molar-refractivity contribution is 7.87. The van der Waals surface area contributed by atoms with Gasteiger partial charge in [0.1, 0.15) is 17.3 Å². The van der Waals surface area contributed by atoms with Crippen molar-refractivity contribution in [2.24, 2.45) is 0 Å². The summed E-state index contributed by atoms with van der Waals surface area (Å²) in [6.45, 7) is 2.16. The molecule has 0 spiro atoms. The zero-order chi connectivity index (χ0) is 14.2. The van der Waals surface area contributed by atoms with Crippen LogP contribution in [0.3, 0.4) is 0 Å². The first kappa shape index (κ1) is 13.0. The van der Waals surface area contributed by atoms with E-state index >= 15 is 0 Å². The molecule has 2 aromatic rings. The lowest BCUT2D eigenvalue weighted by molar-refractivity contribution is -0.194. The Bertz CT molecular complexity index is 735. The summed E-state index contributed by atoms with van der Waals surface area (Å²) in [6, 6.07) is 11.2. The predicted octanol–water partition coefficient (Wildman–Crippen LogP) is 2.59. The Hall–Kier alpha value is -2.05. The molecule has 0 amide bonds. The third-order valence-electron chi connectivity index (χ3n) is 2.91. The van der Waals surface area contributed by atoms with E-state index < -0.39 is 10.1 Å². The van der Waals surface area contributed by atoms with Crippen LogP contribution in [0.1, 0.15) is 11.1 Å². The van der Waals surface area contributed by atoms with Crippen LogP contribution in [-0.4, -0.2) is 8.42 Å². The van der Waals surface area contributed by atoms with Gasteiger partial charge >= 0.3 is 10.1 Å². The van der Waals surface area contributed by atoms with Crippen molar-refractivity contribution in [3.8, 4) is 11.5 Å². The van der Waals surface area contributed by atoms with Gasteiger partial charge in [0.05, 0.1) is 0 Å². The molecule has 0 atom stereocenters. The number of hydrogen-bond donors (Lipinski definition) is 0. The first-order valence-corrected chi connectivity index (χ1v) is 7.39. The van der Waals surface area contributed by atoms with Crippen LogP contribution in [0.25, 0.3) is 0 Å². The zero-order valence-corrected chi connectivity index (χ0v) is 11.5. The van der Waals surface area contributed by atoms with Crippen molar-refractivity contribution in [1.82, 2.24) is 0 Å². The molecular formula is C14H12O5S. The fourth-order valence-corrected chi connectivity index (χ4v) is 2.76. The molecule has 104 valence electrons. The molecule has 1 heterocycles. The highest BCUT2D eigenvalue weighted by Crippen LogP contribution is 2.30. The fraction of sp³-hybridized carbons (Fsp3) is 0.143. The molecule has 0 aromatic heterocycles. The van der Waals surface area contributed by atoms with Crippen LogP contribution in [0.4, 0.5) is 0 Å². The van der Waals surface area contributed by atoms with Crippen LogP contribution >= 0.6 is 0 Å². The van der Waals surface area contributed by atoms with E-state index in [4.69, 9.17) is 14.0 Å². The Balaban J connectivity index is 1.88. The predicted molar refractivity (Wildman–Crippen MR) is 70.9 cm³/mol. The number of hydrogen-bond acceptors (Lipinski definition) is 5. The van der Waals surface area contributed by atoms with E-state index in [9.17, 15) is 8.42 Å². The minimum absolute atomic E-state index is 0.121. The monoisotopic (exact) mass is 292 g/mol. The third kappa shape index (κ3) is 2.48. The summed E-state index contributed by atoms with van der Waals surface area (Å²) in [5, 5.41) is 0. The van der Waals surface area contributed by atoms with Crippen LogP contribution in [0.2, 0.25) is 0 Å². The Morgan fingerprint density at radius 3 is 2.60 bits per heavy atom. The summed E-state index contributed by atoms with van der Waals surface area (Å²) < 4.78 is 29.4. The first-order valence-electron chi connectivity index (χ1n) is 5.98. The summed E-state index contributed by atoms with van der Waals surface area (Å²) in [5.74, 6) is 0.809. The van der Waals surface area contributed by atoms with Crippen molar-refractivity contribution >= 4 is 10.1 Å². The van der Waals surface area contributed by atoms with Gasteiger partial charge < -0.3 is 9.07 Å². The Morgan fingerprint density at radius 2 is 1.85 bits per heavy atom. The van der Waals surface area contributed by atoms with E-state index in [1.165, 1.54) is 18.2 Å². The zero-order valence-electron chi connectivity index (χ0n) is 10.7. The molecule has 1 aliphatic heterocycles. The van der Waals surface area contributed by atoms with Crippen LogP contribution in [0, 0.1) is 6.92 Å². The smallest absolute Gasteiger partial charge is 0.339 e. The van der Waals surface area contributed by atoms with E-state index in [1.807, 2.05) is 6.92 Å². The molecule has 3 rings (SSSR count). The topological polar surface area (TPSA) is 61.8 Å². The summed E-state index contributed by atoms with van der Waals surface area (Å²) in [7, 11) is -3.83. The van der Waals surface area contributed by atoms with Gasteiger partial charge in [0.25, 0.3) is 0 Å². The molecule has 6 heteroatoms. The normalized spacial score (nSPS) is 13.7. The second kappa shape index (κ2) is 4.81. The van der Waals surface area contributed by atoms with Crippen LogP contribution in [0.15, 0.2) is 47.4 Å². The standard InChI is InChI=1S/C14H12O5S/c1-10-2-5-13(6-3-10)20(15,16)19-12-4-7-14-11(8-12)9-17-18-14/h2-8H,9H2,1H3. The molecule has 20 heavy (non-hydrogen) atoms. The molecule has 0 aliphatic carbocycles. The van der Waals surface area contributed by atoms with Gasteiger partial charge in [-0.2, -0.15) is 13.3 Å². The molecule has 0 fully saturated rings. The van der Waals surface area contributed by atoms with Crippen LogP contribution < -0.4 is 9.07 Å². The SMILES string of the molecule is Cc1ccc(S(=O)(=O)Oc2ccc3c(c2)COO3)cc1. The summed E-state index contributed by atoms with van der Waals surface area (Å²) >= 11 is 0. The Labute approximate surface area is 116 Å². The number of fused-ring (bicyclic) bond motifs is 1. The van der Waals surface area contributed by atoms with E-state index in [-0.39, 0.29) is 17.3 Å². The minimum atomic E-state index is -3.83.